The number of hydrogen-bond acceptors (Lipinski definition) is 5. The van der Waals surface area contributed by atoms with Crippen LogP contribution in [0, 0.1) is 11.3 Å². The molecule has 0 aromatic heterocycles. The van der Waals surface area contributed by atoms with Crippen molar-refractivity contribution in [3.05, 3.63) is 48.0 Å². The molecule has 2 aromatic rings. The van der Waals surface area contributed by atoms with Crippen LogP contribution in [0.25, 0.3) is 0 Å². The largest absolute Gasteiger partial charge is 0.497 e. The summed E-state index contributed by atoms with van der Waals surface area (Å²) in [6.07, 6.45) is -0.796. The van der Waals surface area contributed by atoms with Crippen LogP contribution in [0.2, 0.25) is 0 Å². The Morgan fingerprint density at radius 3 is 2.54 bits per heavy atom. The summed E-state index contributed by atoms with van der Waals surface area (Å²) in [7, 11) is 3.05. The second-order valence-corrected chi connectivity index (χ2v) is 4.92. The van der Waals surface area contributed by atoms with E-state index in [1.807, 2.05) is 6.07 Å². The molecule has 0 aliphatic heterocycles. The van der Waals surface area contributed by atoms with Gasteiger partial charge in [0.15, 0.2) is 6.10 Å². The Labute approximate surface area is 140 Å². The van der Waals surface area contributed by atoms with Crippen molar-refractivity contribution in [2.75, 3.05) is 19.5 Å². The van der Waals surface area contributed by atoms with Gasteiger partial charge in [-0.15, -0.1) is 0 Å². The molecule has 1 atom stereocenters. The van der Waals surface area contributed by atoms with Gasteiger partial charge in [0.05, 0.1) is 25.5 Å². The molecular formula is C18H18N2O4. The number of para-hydroxylation sites is 1. The Balaban J connectivity index is 2.13. The van der Waals surface area contributed by atoms with Gasteiger partial charge >= 0.3 is 0 Å². The molecule has 0 bridgehead atoms. The number of rotatable bonds is 6. The van der Waals surface area contributed by atoms with Gasteiger partial charge in [-0.25, -0.2) is 0 Å². The van der Waals surface area contributed by atoms with Crippen LogP contribution in [-0.4, -0.2) is 26.2 Å². The SMILES string of the molecule is COc1ccc(OC)c(NC(=O)[C@@H](C)Oc2ccccc2C#N)c1. The predicted molar refractivity (Wildman–Crippen MR) is 89.4 cm³/mol. The molecule has 0 aliphatic rings. The maximum absolute atomic E-state index is 12.4. The number of amides is 1. The lowest BCUT2D eigenvalue weighted by Gasteiger charge is -2.17. The number of nitrogens with zero attached hydrogens (tertiary/aromatic N) is 1. The van der Waals surface area contributed by atoms with E-state index in [4.69, 9.17) is 19.5 Å². The van der Waals surface area contributed by atoms with Crippen LogP contribution < -0.4 is 19.5 Å². The molecule has 1 N–H and O–H groups in total. The van der Waals surface area contributed by atoms with Crippen molar-refractivity contribution in [1.82, 2.24) is 0 Å². The minimum atomic E-state index is -0.796. The number of benzene rings is 2. The van der Waals surface area contributed by atoms with Gasteiger partial charge in [-0.05, 0) is 31.2 Å². The van der Waals surface area contributed by atoms with Crippen molar-refractivity contribution in [2.45, 2.75) is 13.0 Å². The lowest BCUT2D eigenvalue weighted by molar-refractivity contribution is -0.122. The summed E-state index contributed by atoms with van der Waals surface area (Å²) < 4.78 is 16.0. The maximum atomic E-state index is 12.4. The quantitative estimate of drug-likeness (QED) is 0.882. The molecule has 0 heterocycles. The number of hydrogen-bond donors (Lipinski definition) is 1. The number of nitriles is 1. The highest BCUT2D eigenvalue weighted by Gasteiger charge is 2.18. The van der Waals surface area contributed by atoms with Crippen LogP contribution in [0.3, 0.4) is 0 Å². The molecule has 2 rings (SSSR count). The summed E-state index contributed by atoms with van der Waals surface area (Å²) in [5.41, 5.74) is 0.849. The van der Waals surface area contributed by atoms with Crippen molar-refractivity contribution >= 4 is 11.6 Å². The molecule has 1 amide bonds. The summed E-state index contributed by atoms with van der Waals surface area (Å²) in [5.74, 6) is 1.10. The Kier molecular flexibility index (Phi) is 5.63. The van der Waals surface area contributed by atoms with E-state index in [0.717, 1.165) is 0 Å². The van der Waals surface area contributed by atoms with Gasteiger partial charge in [0, 0.05) is 6.07 Å². The maximum Gasteiger partial charge on any atom is 0.265 e. The minimum Gasteiger partial charge on any atom is -0.497 e. The van der Waals surface area contributed by atoms with Gasteiger partial charge in [-0.2, -0.15) is 5.26 Å². The third-order valence-electron chi connectivity index (χ3n) is 3.34. The fourth-order valence-electron chi connectivity index (χ4n) is 2.05. The van der Waals surface area contributed by atoms with Gasteiger partial charge in [0.1, 0.15) is 23.3 Å². The van der Waals surface area contributed by atoms with Crippen LogP contribution in [0.15, 0.2) is 42.5 Å². The molecule has 6 heteroatoms. The Morgan fingerprint density at radius 1 is 1.12 bits per heavy atom. The molecule has 0 unspecified atom stereocenters. The fraction of sp³-hybridized carbons (Fsp3) is 0.222. The summed E-state index contributed by atoms with van der Waals surface area (Å²) in [6.45, 7) is 1.61. The molecule has 0 spiro atoms. The third kappa shape index (κ3) is 3.96. The van der Waals surface area contributed by atoms with Crippen LogP contribution in [0.4, 0.5) is 5.69 Å². The molecular weight excluding hydrogens is 308 g/mol. The van der Waals surface area contributed by atoms with E-state index >= 15 is 0 Å². The average Bonchev–Trinajstić information content (AvgIpc) is 2.61. The summed E-state index contributed by atoms with van der Waals surface area (Å²) in [4.78, 5) is 12.4. The van der Waals surface area contributed by atoms with E-state index in [2.05, 4.69) is 5.32 Å². The number of nitrogens with one attached hydrogen (secondary N) is 1. The topological polar surface area (TPSA) is 80.6 Å². The lowest BCUT2D eigenvalue weighted by atomic mass is 10.2. The second kappa shape index (κ2) is 7.88. The highest BCUT2D eigenvalue weighted by molar-refractivity contribution is 5.95. The summed E-state index contributed by atoms with van der Waals surface area (Å²) in [6, 6.07) is 13.9. The molecule has 24 heavy (non-hydrogen) atoms. The molecule has 0 saturated carbocycles. The van der Waals surface area contributed by atoms with Gasteiger partial charge in [-0.3, -0.25) is 4.79 Å². The highest BCUT2D eigenvalue weighted by Crippen LogP contribution is 2.29. The molecule has 0 fully saturated rings. The first-order chi connectivity index (χ1) is 11.6. The first-order valence-electron chi connectivity index (χ1n) is 7.27. The van der Waals surface area contributed by atoms with E-state index in [9.17, 15) is 4.79 Å². The van der Waals surface area contributed by atoms with Gasteiger partial charge in [0.25, 0.3) is 5.91 Å². The van der Waals surface area contributed by atoms with E-state index in [-0.39, 0.29) is 5.91 Å². The number of carbonyl (C=O) groups is 1. The van der Waals surface area contributed by atoms with Crippen LogP contribution in [-0.2, 0) is 4.79 Å². The van der Waals surface area contributed by atoms with Crippen molar-refractivity contribution in [3.8, 4) is 23.3 Å². The zero-order valence-electron chi connectivity index (χ0n) is 13.7. The highest BCUT2D eigenvalue weighted by atomic mass is 16.5. The summed E-state index contributed by atoms with van der Waals surface area (Å²) >= 11 is 0. The Hall–Kier alpha value is -3.20. The first kappa shape index (κ1) is 17.2. The molecule has 6 nitrogen and oxygen atoms in total. The van der Waals surface area contributed by atoms with Crippen molar-refractivity contribution in [1.29, 1.82) is 5.26 Å². The van der Waals surface area contributed by atoms with E-state index in [0.29, 0.717) is 28.5 Å². The predicted octanol–water partition coefficient (Wildman–Crippen LogP) is 2.98. The van der Waals surface area contributed by atoms with E-state index < -0.39 is 6.10 Å². The lowest BCUT2D eigenvalue weighted by Crippen LogP contribution is -2.30. The minimum absolute atomic E-state index is 0.361. The van der Waals surface area contributed by atoms with E-state index in [1.54, 1.807) is 49.4 Å². The van der Waals surface area contributed by atoms with Crippen LogP contribution in [0.5, 0.6) is 17.2 Å². The Morgan fingerprint density at radius 2 is 1.88 bits per heavy atom. The van der Waals surface area contributed by atoms with Crippen molar-refractivity contribution < 1.29 is 19.0 Å². The molecule has 2 aromatic carbocycles. The smallest absolute Gasteiger partial charge is 0.265 e. The monoisotopic (exact) mass is 326 g/mol. The van der Waals surface area contributed by atoms with Crippen molar-refractivity contribution in [2.24, 2.45) is 0 Å². The van der Waals surface area contributed by atoms with Crippen molar-refractivity contribution in [3.63, 3.8) is 0 Å². The fourth-order valence-corrected chi connectivity index (χ4v) is 2.05. The average molecular weight is 326 g/mol. The molecule has 0 radical (unpaired) electrons. The van der Waals surface area contributed by atoms with Gasteiger partial charge in [-0.1, -0.05) is 12.1 Å². The van der Waals surface area contributed by atoms with E-state index in [1.165, 1.54) is 14.2 Å². The number of anilines is 1. The number of methoxy groups -OCH3 is 2. The van der Waals surface area contributed by atoms with Crippen LogP contribution >= 0.6 is 0 Å². The molecule has 124 valence electrons. The van der Waals surface area contributed by atoms with Gasteiger partial charge in [0.2, 0.25) is 0 Å². The number of ether oxygens (including phenoxy) is 3. The summed E-state index contributed by atoms with van der Waals surface area (Å²) in [5, 5.41) is 11.8. The number of carbonyl (C=O) groups excluding carboxylic acids is 1. The molecule has 0 saturated heterocycles. The zero-order valence-corrected chi connectivity index (χ0v) is 13.7. The normalized spacial score (nSPS) is 11.1. The Bertz CT molecular complexity index is 768. The molecule has 0 aliphatic carbocycles. The standard InChI is InChI=1S/C18H18N2O4/c1-12(24-16-7-5-4-6-13(16)11-19)18(21)20-15-10-14(22-2)8-9-17(15)23-3/h4-10,12H,1-3H3,(H,20,21)/t12-/m1/s1. The first-order valence-corrected chi connectivity index (χ1v) is 7.27. The third-order valence-corrected chi connectivity index (χ3v) is 3.34. The van der Waals surface area contributed by atoms with Gasteiger partial charge < -0.3 is 19.5 Å². The van der Waals surface area contributed by atoms with Crippen LogP contribution in [0.1, 0.15) is 12.5 Å². The zero-order chi connectivity index (χ0) is 17.5. The second-order valence-electron chi connectivity index (χ2n) is 4.92.